The Morgan fingerprint density at radius 2 is 1.08 bits per heavy atom. The molecule has 0 aliphatic carbocycles. The van der Waals surface area contributed by atoms with Crippen LogP contribution in [0, 0.1) is 0 Å². The summed E-state index contributed by atoms with van der Waals surface area (Å²) in [4.78, 5) is 27.1. The molecule has 4 rings (SSSR count). The minimum absolute atomic E-state index is 0.0248. The van der Waals surface area contributed by atoms with Gasteiger partial charge in [-0.1, -0.05) is 109 Å². The molecule has 0 saturated carbocycles. The molecule has 1 amide bonds. The van der Waals surface area contributed by atoms with E-state index in [2.05, 4.69) is 5.32 Å². The molecule has 0 bridgehead atoms. The summed E-state index contributed by atoms with van der Waals surface area (Å²) in [6.07, 6.45) is 0.0248. The predicted molar refractivity (Wildman–Crippen MR) is 141 cm³/mol. The van der Waals surface area contributed by atoms with Crippen molar-refractivity contribution in [2.45, 2.75) is 22.8 Å². The van der Waals surface area contributed by atoms with Crippen molar-refractivity contribution >= 4 is 22.7 Å². The number of amides is 1. The lowest BCUT2D eigenvalue weighted by Crippen LogP contribution is -2.52. The molecular formula is C30H27NO4S. The molecule has 0 aliphatic heterocycles. The van der Waals surface area contributed by atoms with Gasteiger partial charge in [0.25, 0.3) is 0 Å². The molecule has 0 unspecified atom stereocenters. The summed E-state index contributed by atoms with van der Waals surface area (Å²) < 4.78 is 12.7. The van der Waals surface area contributed by atoms with E-state index in [-0.39, 0.29) is 12.2 Å². The summed E-state index contributed by atoms with van der Waals surface area (Å²) in [5.74, 6) is -1.52. The maximum absolute atomic E-state index is 14.2. The van der Waals surface area contributed by atoms with Crippen molar-refractivity contribution in [3.8, 4) is 0 Å². The van der Waals surface area contributed by atoms with Gasteiger partial charge in [0.2, 0.25) is 5.91 Å². The number of carboxylic acids is 1. The van der Waals surface area contributed by atoms with Gasteiger partial charge in [-0.25, -0.2) is 4.79 Å². The van der Waals surface area contributed by atoms with E-state index in [1.165, 1.54) is 0 Å². The van der Waals surface area contributed by atoms with Crippen LogP contribution >= 0.6 is 0 Å². The smallest absolute Gasteiger partial charge is 0.326 e. The SMILES string of the molecule is O=C(O)[C@H](CC[S@](=O)c1ccccc1)NC(=O)C(c1ccccc1)(c1ccccc1)c1ccccc1. The normalized spacial score (nSPS) is 12.9. The Hall–Kier alpha value is -4.03. The van der Waals surface area contributed by atoms with Crippen LogP contribution in [0.5, 0.6) is 0 Å². The molecule has 182 valence electrons. The standard InChI is InChI=1S/C30H27NO4S/c32-28(33)27(21-22-36(35)26-19-11-4-12-20-26)31-29(34)30(23-13-5-1-6-14-23,24-15-7-2-8-16-24)25-17-9-3-10-18-25/h1-20,27H,21-22H2,(H,31,34)(H,32,33)/t27-,36-/m0/s1. The molecule has 2 N–H and O–H groups in total. The summed E-state index contributed by atoms with van der Waals surface area (Å²) in [5.41, 5.74) is 0.876. The van der Waals surface area contributed by atoms with E-state index in [1.807, 2.05) is 97.1 Å². The van der Waals surface area contributed by atoms with E-state index < -0.39 is 34.1 Å². The first-order valence-electron chi connectivity index (χ1n) is 11.7. The van der Waals surface area contributed by atoms with Crippen molar-refractivity contribution in [3.63, 3.8) is 0 Å². The van der Waals surface area contributed by atoms with E-state index in [9.17, 15) is 18.9 Å². The van der Waals surface area contributed by atoms with Crippen molar-refractivity contribution < 1.29 is 18.9 Å². The topological polar surface area (TPSA) is 83.5 Å². The van der Waals surface area contributed by atoms with Crippen LogP contribution in [0.1, 0.15) is 23.1 Å². The van der Waals surface area contributed by atoms with Crippen LogP contribution < -0.4 is 5.32 Å². The molecule has 0 radical (unpaired) electrons. The zero-order chi connectivity index (χ0) is 25.4. The average molecular weight is 498 g/mol. The van der Waals surface area contributed by atoms with Crippen molar-refractivity contribution in [2.24, 2.45) is 0 Å². The van der Waals surface area contributed by atoms with Gasteiger partial charge < -0.3 is 10.4 Å². The van der Waals surface area contributed by atoms with Crippen LogP contribution in [0.3, 0.4) is 0 Å². The number of carboxylic acid groups (broad SMARTS) is 1. The lowest BCUT2D eigenvalue weighted by molar-refractivity contribution is -0.142. The number of hydrogen-bond donors (Lipinski definition) is 2. The summed E-state index contributed by atoms with van der Waals surface area (Å²) in [5, 5.41) is 12.8. The highest BCUT2D eigenvalue weighted by molar-refractivity contribution is 7.85. The van der Waals surface area contributed by atoms with Crippen LogP contribution in [0.2, 0.25) is 0 Å². The first-order chi connectivity index (χ1) is 17.5. The lowest BCUT2D eigenvalue weighted by Gasteiger charge is -2.35. The molecule has 0 spiro atoms. The van der Waals surface area contributed by atoms with Gasteiger partial charge in [0, 0.05) is 10.6 Å². The first kappa shape index (κ1) is 25.1. The number of aliphatic carboxylic acids is 1. The predicted octanol–water partition coefficient (Wildman–Crippen LogP) is 4.79. The van der Waals surface area contributed by atoms with Gasteiger partial charge in [-0.15, -0.1) is 0 Å². The molecule has 4 aromatic rings. The van der Waals surface area contributed by atoms with Gasteiger partial charge in [0.05, 0.1) is 10.8 Å². The summed E-state index contributed by atoms with van der Waals surface area (Å²) >= 11 is 0. The average Bonchev–Trinajstić information content (AvgIpc) is 2.93. The highest BCUT2D eigenvalue weighted by Crippen LogP contribution is 2.39. The van der Waals surface area contributed by atoms with Gasteiger partial charge in [-0.2, -0.15) is 0 Å². The van der Waals surface area contributed by atoms with Gasteiger partial charge in [-0.05, 0) is 35.2 Å². The number of hydrogen-bond acceptors (Lipinski definition) is 3. The highest BCUT2D eigenvalue weighted by atomic mass is 32.2. The van der Waals surface area contributed by atoms with Crippen LogP contribution in [-0.4, -0.2) is 33.0 Å². The van der Waals surface area contributed by atoms with Crippen LogP contribution in [-0.2, 0) is 25.8 Å². The minimum atomic E-state index is -1.38. The maximum Gasteiger partial charge on any atom is 0.326 e. The van der Waals surface area contributed by atoms with Crippen molar-refractivity contribution in [1.29, 1.82) is 0 Å². The molecular weight excluding hydrogens is 470 g/mol. The summed E-state index contributed by atoms with van der Waals surface area (Å²) in [6.45, 7) is 0. The Morgan fingerprint density at radius 3 is 1.47 bits per heavy atom. The summed E-state index contributed by atoms with van der Waals surface area (Å²) in [7, 11) is -1.38. The molecule has 0 fully saturated rings. The monoisotopic (exact) mass is 497 g/mol. The van der Waals surface area contributed by atoms with Crippen molar-refractivity contribution in [1.82, 2.24) is 5.32 Å². The first-order valence-corrected chi connectivity index (χ1v) is 13.0. The van der Waals surface area contributed by atoms with E-state index in [0.717, 1.165) is 16.7 Å². The van der Waals surface area contributed by atoms with E-state index in [4.69, 9.17) is 0 Å². The van der Waals surface area contributed by atoms with Gasteiger partial charge in [0.1, 0.15) is 11.5 Å². The Morgan fingerprint density at radius 1 is 0.694 bits per heavy atom. The maximum atomic E-state index is 14.2. The molecule has 0 saturated heterocycles. The van der Waals surface area contributed by atoms with Crippen LogP contribution in [0.25, 0.3) is 0 Å². The molecule has 36 heavy (non-hydrogen) atoms. The third-order valence-electron chi connectivity index (χ3n) is 6.16. The number of nitrogens with one attached hydrogen (secondary N) is 1. The molecule has 4 aromatic carbocycles. The largest absolute Gasteiger partial charge is 0.480 e. The van der Waals surface area contributed by atoms with E-state index in [0.29, 0.717) is 4.90 Å². The summed E-state index contributed by atoms with van der Waals surface area (Å²) in [6, 6.07) is 35.7. The lowest BCUT2D eigenvalue weighted by atomic mass is 9.68. The van der Waals surface area contributed by atoms with Crippen molar-refractivity contribution in [2.75, 3.05) is 5.75 Å². The fourth-order valence-corrected chi connectivity index (χ4v) is 5.54. The molecule has 6 heteroatoms. The molecule has 2 atom stereocenters. The Kier molecular flexibility index (Phi) is 8.08. The Bertz CT molecular complexity index is 1220. The second kappa shape index (κ2) is 11.6. The quantitative estimate of drug-likeness (QED) is 0.309. The van der Waals surface area contributed by atoms with E-state index in [1.54, 1.807) is 24.3 Å². The second-order valence-electron chi connectivity index (χ2n) is 8.36. The van der Waals surface area contributed by atoms with Crippen molar-refractivity contribution in [3.05, 3.63) is 138 Å². The molecule has 0 aliphatic rings. The number of carbonyl (C=O) groups is 2. The second-order valence-corrected chi connectivity index (χ2v) is 9.93. The van der Waals surface area contributed by atoms with Crippen LogP contribution in [0.4, 0.5) is 0 Å². The third kappa shape index (κ3) is 5.29. The van der Waals surface area contributed by atoms with E-state index >= 15 is 0 Å². The Balaban J connectivity index is 1.73. The highest BCUT2D eigenvalue weighted by Gasteiger charge is 2.45. The fourth-order valence-electron chi connectivity index (χ4n) is 4.40. The fraction of sp³-hybridized carbons (Fsp3) is 0.133. The van der Waals surface area contributed by atoms with Crippen LogP contribution in [0.15, 0.2) is 126 Å². The Labute approximate surface area is 213 Å². The zero-order valence-electron chi connectivity index (χ0n) is 19.6. The minimum Gasteiger partial charge on any atom is -0.480 e. The van der Waals surface area contributed by atoms with Gasteiger partial charge in [0.15, 0.2) is 0 Å². The zero-order valence-corrected chi connectivity index (χ0v) is 20.4. The van der Waals surface area contributed by atoms with Gasteiger partial charge in [-0.3, -0.25) is 9.00 Å². The molecule has 0 heterocycles. The van der Waals surface area contributed by atoms with Gasteiger partial charge >= 0.3 is 5.97 Å². The molecule has 0 aromatic heterocycles. The number of benzene rings is 4. The third-order valence-corrected chi connectivity index (χ3v) is 7.57. The number of carbonyl (C=O) groups excluding carboxylic acids is 1. The number of rotatable bonds is 10. The molecule has 5 nitrogen and oxygen atoms in total.